The molecule has 2 fully saturated rings. The van der Waals surface area contributed by atoms with E-state index in [9.17, 15) is 19.2 Å². The van der Waals surface area contributed by atoms with Crippen LogP contribution < -0.4 is 29.6 Å². The van der Waals surface area contributed by atoms with Gasteiger partial charge in [-0.3, -0.25) is 19.2 Å². The monoisotopic (exact) mass is 626 g/mol. The maximum absolute atomic E-state index is 13.3. The third-order valence-corrected chi connectivity index (χ3v) is 8.57. The van der Waals surface area contributed by atoms with Crippen molar-refractivity contribution in [2.75, 3.05) is 51.2 Å². The summed E-state index contributed by atoms with van der Waals surface area (Å²) in [5, 5.41) is 5.70. The molecule has 0 saturated carbocycles. The zero-order valence-corrected chi connectivity index (χ0v) is 25.6. The summed E-state index contributed by atoms with van der Waals surface area (Å²) in [5.74, 6) is 2.42. The third kappa shape index (κ3) is 5.49. The van der Waals surface area contributed by atoms with Crippen LogP contribution in [-0.4, -0.2) is 86.0 Å². The van der Waals surface area contributed by atoms with Crippen molar-refractivity contribution in [3.63, 3.8) is 0 Å². The normalized spacial score (nSPS) is 20.7. The number of terminal acetylenes is 1. The molecule has 2 saturated heterocycles. The highest BCUT2D eigenvalue weighted by Crippen LogP contribution is 2.40. The van der Waals surface area contributed by atoms with Crippen LogP contribution in [0.1, 0.15) is 40.0 Å². The van der Waals surface area contributed by atoms with Gasteiger partial charge in [0.05, 0.1) is 49.9 Å². The lowest BCUT2D eigenvalue weighted by Gasteiger charge is -2.21. The van der Waals surface area contributed by atoms with Crippen molar-refractivity contribution in [2.24, 2.45) is 5.92 Å². The number of rotatable bonds is 9. The first-order chi connectivity index (χ1) is 22.1. The number of benzene rings is 2. The van der Waals surface area contributed by atoms with E-state index in [1.807, 2.05) is 0 Å². The van der Waals surface area contributed by atoms with Gasteiger partial charge in [-0.05, 0) is 25.0 Å². The number of methoxy groups -OCH3 is 2. The van der Waals surface area contributed by atoms with Gasteiger partial charge in [-0.25, -0.2) is 0 Å². The molecule has 4 amide bonds. The molecular formula is C34H34N4O8. The molecule has 0 spiro atoms. The molecule has 2 unspecified atom stereocenters. The highest BCUT2D eigenvalue weighted by Gasteiger charge is 2.42. The maximum atomic E-state index is 13.3. The van der Waals surface area contributed by atoms with Crippen molar-refractivity contribution in [1.29, 1.82) is 0 Å². The molecule has 4 aliphatic heterocycles. The maximum Gasteiger partial charge on any atom is 0.257 e. The largest absolute Gasteiger partial charge is 0.493 e. The highest BCUT2D eigenvalue weighted by molar-refractivity contribution is 6.12. The fourth-order valence-corrected chi connectivity index (χ4v) is 6.21. The van der Waals surface area contributed by atoms with Gasteiger partial charge in [-0.1, -0.05) is 24.3 Å². The summed E-state index contributed by atoms with van der Waals surface area (Å²) in [4.78, 5) is 55.5. The van der Waals surface area contributed by atoms with E-state index in [-0.39, 0.29) is 42.8 Å². The molecule has 238 valence electrons. The van der Waals surface area contributed by atoms with E-state index >= 15 is 0 Å². The first-order valence-electron chi connectivity index (χ1n) is 14.8. The molecule has 4 aliphatic rings. The van der Waals surface area contributed by atoms with Crippen molar-refractivity contribution in [3.8, 4) is 35.3 Å². The van der Waals surface area contributed by atoms with E-state index in [0.29, 0.717) is 77.9 Å². The van der Waals surface area contributed by atoms with Crippen molar-refractivity contribution >= 4 is 35.0 Å². The molecular weight excluding hydrogens is 592 g/mol. The Hall–Kier alpha value is -5.44. The summed E-state index contributed by atoms with van der Waals surface area (Å²) in [6.07, 6.45) is 6.78. The SMILES string of the molecule is C#CCC(COc1cc2c(cc1OC)C(=O)N1CC(=C)CC1C(=O)N2)COc1cc2c(cc1OC)C(=O)N1CC(=C)CC1C(=O)N2. The van der Waals surface area contributed by atoms with E-state index in [2.05, 4.69) is 29.7 Å². The average molecular weight is 627 g/mol. The molecule has 2 aromatic carbocycles. The van der Waals surface area contributed by atoms with Crippen molar-refractivity contribution in [3.05, 3.63) is 59.7 Å². The fourth-order valence-electron chi connectivity index (χ4n) is 6.21. The van der Waals surface area contributed by atoms with Crippen molar-refractivity contribution < 1.29 is 38.1 Å². The Morgan fingerprint density at radius 3 is 1.61 bits per heavy atom. The van der Waals surface area contributed by atoms with E-state index in [4.69, 9.17) is 25.4 Å². The number of anilines is 2. The predicted molar refractivity (Wildman–Crippen MR) is 168 cm³/mol. The van der Waals surface area contributed by atoms with Crippen molar-refractivity contribution in [2.45, 2.75) is 31.3 Å². The molecule has 2 aromatic rings. The number of hydrogen-bond acceptors (Lipinski definition) is 8. The Morgan fingerprint density at radius 1 is 0.783 bits per heavy atom. The molecule has 4 heterocycles. The van der Waals surface area contributed by atoms with E-state index < -0.39 is 12.1 Å². The number of nitrogens with one attached hydrogen (secondary N) is 2. The molecule has 12 nitrogen and oxygen atoms in total. The predicted octanol–water partition coefficient (Wildman–Crippen LogP) is 3.25. The summed E-state index contributed by atoms with van der Waals surface area (Å²) in [7, 11) is 2.93. The Kier molecular flexibility index (Phi) is 8.08. The van der Waals surface area contributed by atoms with Crippen LogP contribution >= 0.6 is 0 Å². The summed E-state index contributed by atoms with van der Waals surface area (Å²) < 4.78 is 23.3. The van der Waals surface area contributed by atoms with Crippen LogP contribution in [0, 0.1) is 18.3 Å². The van der Waals surface area contributed by atoms with Crippen LogP contribution in [0.4, 0.5) is 11.4 Å². The second-order valence-electron chi connectivity index (χ2n) is 11.8. The lowest BCUT2D eigenvalue weighted by atomic mass is 10.1. The number of nitrogens with zero attached hydrogens (tertiary/aromatic N) is 2. The number of ether oxygens (including phenoxy) is 4. The van der Waals surface area contributed by atoms with Gasteiger partial charge in [0.25, 0.3) is 11.8 Å². The van der Waals surface area contributed by atoms with Crippen LogP contribution in [0.2, 0.25) is 0 Å². The Balaban J connectivity index is 1.19. The molecule has 12 heteroatoms. The molecule has 0 radical (unpaired) electrons. The summed E-state index contributed by atoms with van der Waals surface area (Å²) in [6.45, 7) is 8.73. The molecule has 0 aromatic heterocycles. The Bertz CT molecular complexity index is 1610. The zero-order valence-electron chi connectivity index (χ0n) is 25.6. The van der Waals surface area contributed by atoms with Crippen LogP contribution in [0.25, 0.3) is 0 Å². The van der Waals surface area contributed by atoms with E-state index in [0.717, 1.165) is 11.1 Å². The van der Waals surface area contributed by atoms with Crippen molar-refractivity contribution in [1.82, 2.24) is 9.80 Å². The minimum absolute atomic E-state index is 0.110. The molecule has 0 aliphatic carbocycles. The first-order valence-corrected chi connectivity index (χ1v) is 14.8. The minimum atomic E-state index is -0.617. The van der Waals surface area contributed by atoms with E-state index in [1.165, 1.54) is 24.0 Å². The summed E-state index contributed by atoms with van der Waals surface area (Å²) in [6, 6.07) is 5.03. The van der Waals surface area contributed by atoms with Crippen LogP contribution in [-0.2, 0) is 9.59 Å². The average Bonchev–Trinajstić information content (AvgIpc) is 3.59. The minimum Gasteiger partial charge on any atom is -0.493 e. The quantitative estimate of drug-likeness (QED) is 0.320. The lowest BCUT2D eigenvalue weighted by molar-refractivity contribution is -0.120. The van der Waals surface area contributed by atoms with Gasteiger partial charge in [-0.2, -0.15) is 0 Å². The van der Waals surface area contributed by atoms with Gasteiger partial charge in [0.15, 0.2) is 23.0 Å². The van der Waals surface area contributed by atoms with Gasteiger partial charge in [0.1, 0.15) is 12.1 Å². The highest BCUT2D eigenvalue weighted by atomic mass is 16.5. The third-order valence-electron chi connectivity index (χ3n) is 8.57. The summed E-state index contributed by atoms with van der Waals surface area (Å²) in [5.41, 5.74) is 2.88. The molecule has 2 N–H and O–H groups in total. The van der Waals surface area contributed by atoms with Crippen LogP contribution in [0.3, 0.4) is 0 Å². The number of carbonyl (C=O) groups excluding carboxylic acids is 4. The molecule has 0 bridgehead atoms. The van der Waals surface area contributed by atoms with Crippen LogP contribution in [0.15, 0.2) is 48.6 Å². The first kappa shape index (κ1) is 30.6. The Morgan fingerprint density at radius 2 is 1.22 bits per heavy atom. The summed E-state index contributed by atoms with van der Waals surface area (Å²) >= 11 is 0. The van der Waals surface area contributed by atoms with E-state index in [1.54, 1.807) is 24.3 Å². The van der Waals surface area contributed by atoms with Gasteiger partial charge in [-0.15, -0.1) is 12.3 Å². The number of fused-ring (bicyclic) bond motifs is 4. The Labute approximate surface area is 266 Å². The molecule has 2 atom stereocenters. The number of amides is 4. The molecule has 46 heavy (non-hydrogen) atoms. The zero-order chi connectivity index (χ0) is 32.7. The van der Waals surface area contributed by atoms with Crippen LogP contribution in [0.5, 0.6) is 23.0 Å². The topological polar surface area (TPSA) is 136 Å². The second-order valence-corrected chi connectivity index (χ2v) is 11.8. The fraction of sp³-hybridized carbons (Fsp3) is 0.353. The number of carbonyl (C=O) groups is 4. The standard InChI is InChI=1S/C34H34N4O8/c1-6-7-20(16-45-29-12-23-21(10-27(29)43-4)33(41)37-14-18(2)8-25(37)31(39)35-23)17-46-30-13-24-22(11-28(30)44-5)34(42)38-15-19(3)9-26(38)32(40)36-24/h1,10-13,20,25-26H,2-3,7-9,14-17H2,4-5H3,(H,35,39)(H,36,40). The van der Waals surface area contributed by atoms with Gasteiger partial charge >= 0.3 is 0 Å². The smallest absolute Gasteiger partial charge is 0.257 e. The lowest BCUT2D eigenvalue weighted by Crippen LogP contribution is -2.40. The number of hydrogen-bond donors (Lipinski definition) is 2. The van der Waals surface area contributed by atoms with Gasteiger partial charge in [0.2, 0.25) is 11.8 Å². The van der Waals surface area contributed by atoms with Gasteiger partial charge in [0, 0.05) is 37.6 Å². The van der Waals surface area contributed by atoms with Gasteiger partial charge < -0.3 is 39.4 Å². The second kappa shape index (κ2) is 12.2. The molecule has 6 rings (SSSR count).